The van der Waals surface area contributed by atoms with Crippen molar-refractivity contribution in [3.63, 3.8) is 0 Å². The van der Waals surface area contributed by atoms with Gasteiger partial charge in [0.25, 0.3) is 0 Å². The molecule has 56 heavy (non-hydrogen) atoms. The van der Waals surface area contributed by atoms with Crippen LogP contribution in [-0.4, -0.2) is 88.7 Å². The number of aromatic amines is 2. The van der Waals surface area contributed by atoms with Crippen molar-refractivity contribution in [1.82, 2.24) is 35.1 Å². The van der Waals surface area contributed by atoms with Gasteiger partial charge in [-0.3, -0.25) is 9.69 Å². The van der Waals surface area contributed by atoms with Crippen LogP contribution in [0.15, 0.2) is 58.6 Å². The van der Waals surface area contributed by atoms with Crippen LogP contribution in [0.2, 0.25) is 0 Å². The molecule has 15 heteroatoms. The third-order valence-electron chi connectivity index (χ3n) is 11.3. The van der Waals surface area contributed by atoms with Gasteiger partial charge in [-0.15, -0.1) is 0 Å². The number of aromatic nitrogens is 4. The quantitative estimate of drug-likeness (QED) is 0.0877. The summed E-state index contributed by atoms with van der Waals surface area (Å²) in [5.41, 5.74) is 1.50. The number of carbonyl (C=O) groups excluding carboxylic acids is 3. The number of hydrogen-bond acceptors (Lipinski definition) is 10. The highest BCUT2D eigenvalue weighted by Gasteiger charge is 2.42. The Balaban J connectivity index is 1.19. The number of amides is 2. The SMILES string of the molecule is CCCN(Cc1ncc(-c2ccc3c(c2)Oc2ccc(-c4cnc(C5CCCN5CC(C=O)(NC(=O)OC)C(C)CC)[nH]4)cc2S3(=O)=O)[nH]1)C(=O)CC(C)CC. The van der Waals surface area contributed by atoms with Gasteiger partial charge >= 0.3 is 6.09 Å². The van der Waals surface area contributed by atoms with E-state index in [1.54, 1.807) is 48.8 Å². The number of imidazole rings is 2. The molecule has 4 aromatic rings. The second-order valence-electron chi connectivity index (χ2n) is 15.1. The number of sulfone groups is 1. The molecule has 1 fully saturated rings. The monoisotopic (exact) mass is 787 g/mol. The van der Waals surface area contributed by atoms with Gasteiger partial charge in [0, 0.05) is 30.6 Å². The molecule has 1 saturated heterocycles. The van der Waals surface area contributed by atoms with Crippen LogP contribution in [0.1, 0.15) is 90.8 Å². The average Bonchev–Trinajstić information content (AvgIpc) is 3.98. The minimum Gasteiger partial charge on any atom is -0.455 e. The highest BCUT2D eigenvalue weighted by molar-refractivity contribution is 7.91. The maximum absolute atomic E-state index is 14.0. The van der Waals surface area contributed by atoms with Crippen LogP contribution in [0.4, 0.5) is 4.79 Å². The van der Waals surface area contributed by atoms with Crippen molar-refractivity contribution in [2.75, 3.05) is 26.7 Å². The van der Waals surface area contributed by atoms with Crippen LogP contribution in [0.25, 0.3) is 22.5 Å². The minimum atomic E-state index is -3.95. The summed E-state index contributed by atoms with van der Waals surface area (Å²) in [5.74, 6) is 2.03. The topological polar surface area (TPSA) is 180 Å². The number of aldehydes is 1. The van der Waals surface area contributed by atoms with Crippen molar-refractivity contribution in [3.8, 4) is 34.0 Å². The molecule has 2 aliphatic heterocycles. The lowest BCUT2D eigenvalue weighted by atomic mass is 9.83. The van der Waals surface area contributed by atoms with Crippen LogP contribution in [0, 0.1) is 11.8 Å². The van der Waals surface area contributed by atoms with E-state index in [1.807, 2.05) is 25.7 Å². The number of rotatable bonds is 16. The highest BCUT2D eigenvalue weighted by atomic mass is 32.2. The molecule has 2 aromatic heterocycles. The van der Waals surface area contributed by atoms with Crippen molar-refractivity contribution >= 4 is 28.1 Å². The fourth-order valence-electron chi connectivity index (χ4n) is 7.51. The summed E-state index contributed by atoms with van der Waals surface area (Å²) < 4.78 is 39.1. The number of likely N-dealkylation sites (tertiary alicyclic amines) is 1. The Labute approximate surface area is 328 Å². The zero-order valence-electron chi connectivity index (χ0n) is 33.1. The first kappa shape index (κ1) is 40.6. The lowest BCUT2D eigenvalue weighted by Crippen LogP contribution is -2.60. The molecule has 4 heterocycles. The third kappa shape index (κ3) is 8.24. The molecule has 3 N–H and O–H groups in total. The molecule has 0 aliphatic carbocycles. The molecule has 2 amide bonds. The smallest absolute Gasteiger partial charge is 0.407 e. The summed E-state index contributed by atoms with van der Waals surface area (Å²) in [5, 5.41) is 2.80. The summed E-state index contributed by atoms with van der Waals surface area (Å²) >= 11 is 0. The molecule has 14 nitrogen and oxygen atoms in total. The standard InChI is InChI=1S/C41H53N7O7S/c1-7-16-47(38(50)18-26(4)8-2)23-37-42-21-30(44-37)28-13-15-35-34(19-28)55-33-14-12-29(20-36(33)56(35,52)53)31-22-43-39(45-31)32-11-10-17-48(32)24-41(25-49,27(5)9-3)46-40(51)54-6/h12-15,19-22,25-27,32H,7-11,16-18,23-24H2,1-6H3,(H,42,44)(H,43,45)(H,46,51). The van der Waals surface area contributed by atoms with Crippen molar-refractivity contribution in [2.24, 2.45) is 11.8 Å². The van der Waals surface area contributed by atoms with Crippen LogP contribution < -0.4 is 10.1 Å². The number of alkyl carbamates (subject to hydrolysis) is 1. The maximum atomic E-state index is 14.0. The molecular formula is C41H53N7O7S. The first-order valence-corrected chi connectivity index (χ1v) is 21.0. The van der Waals surface area contributed by atoms with Crippen LogP contribution in [0.3, 0.4) is 0 Å². The molecule has 0 bridgehead atoms. The van der Waals surface area contributed by atoms with Crippen molar-refractivity contribution < 1.29 is 32.3 Å². The Morgan fingerprint density at radius 3 is 2.48 bits per heavy atom. The highest BCUT2D eigenvalue weighted by Crippen LogP contribution is 2.45. The predicted octanol–water partition coefficient (Wildman–Crippen LogP) is 7.06. The summed E-state index contributed by atoms with van der Waals surface area (Å²) in [4.78, 5) is 57.8. The van der Waals surface area contributed by atoms with Gasteiger partial charge in [0.1, 0.15) is 44.8 Å². The van der Waals surface area contributed by atoms with E-state index in [-0.39, 0.29) is 45.7 Å². The van der Waals surface area contributed by atoms with Gasteiger partial charge in [0.2, 0.25) is 15.7 Å². The van der Waals surface area contributed by atoms with Gasteiger partial charge in [-0.25, -0.2) is 23.2 Å². The molecule has 6 rings (SSSR count). The molecule has 300 valence electrons. The van der Waals surface area contributed by atoms with E-state index in [9.17, 15) is 22.8 Å². The maximum Gasteiger partial charge on any atom is 0.407 e. The Morgan fingerprint density at radius 1 is 1.04 bits per heavy atom. The normalized spacial score (nSPS) is 18.1. The number of benzene rings is 2. The third-order valence-corrected chi connectivity index (χ3v) is 13.1. The second-order valence-corrected chi connectivity index (χ2v) is 17.0. The number of H-pyrrole nitrogens is 2. The number of methoxy groups -OCH3 is 1. The Bertz CT molecular complexity index is 2170. The lowest BCUT2D eigenvalue weighted by Gasteiger charge is -2.38. The lowest BCUT2D eigenvalue weighted by molar-refractivity contribution is -0.132. The molecule has 0 radical (unpaired) electrons. The van der Waals surface area contributed by atoms with Gasteiger partial charge in [-0.05, 0) is 68.0 Å². The van der Waals surface area contributed by atoms with Gasteiger partial charge in [0.05, 0.1) is 43.5 Å². The van der Waals surface area contributed by atoms with E-state index in [0.717, 1.165) is 32.0 Å². The van der Waals surface area contributed by atoms with E-state index in [1.165, 1.54) is 7.11 Å². The summed E-state index contributed by atoms with van der Waals surface area (Å²) in [6.07, 6.45) is 8.13. The molecular weight excluding hydrogens is 735 g/mol. The van der Waals surface area contributed by atoms with Gasteiger partial charge in [-0.1, -0.05) is 53.5 Å². The number of nitrogens with zero attached hydrogens (tertiary/aromatic N) is 4. The van der Waals surface area contributed by atoms with Crippen LogP contribution >= 0.6 is 0 Å². The largest absolute Gasteiger partial charge is 0.455 e. The van der Waals surface area contributed by atoms with Gasteiger partial charge in [0.15, 0.2) is 0 Å². The van der Waals surface area contributed by atoms with E-state index < -0.39 is 21.5 Å². The van der Waals surface area contributed by atoms with E-state index in [0.29, 0.717) is 72.6 Å². The number of carbonyl (C=O) groups is 3. The Hall–Kier alpha value is -5.02. The Kier molecular flexibility index (Phi) is 12.3. The Morgan fingerprint density at radius 2 is 1.77 bits per heavy atom. The number of ether oxygens (including phenoxy) is 2. The predicted molar refractivity (Wildman–Crippen MR) is 211 cm³/mol. The fraction of sp³-hybridized carbons (Fsp3) is 0.488. The molecule has 0 spiro atoms. The van der Waals surface area contributed by atoms with Crippen molar-refractivity contribution in [3.05, 3.63) is 60.4 Å². The summed E-state index contributed by atoms with van der Waals surface area (Å²) in [7, 11) is -2.67. The first-order chi connectivity index (χ1) is 26.9. The van der Waals surface area contributed by atoms with Gasteiger partial charge < -0.3 is 34.5 Å². The molecule has 2 aromatic carbocycles. The van der Waals surface area contributed by atoms with Crippen LogP contribution in [-0.2, 0) is 30.7 Å². The van der Waals surface area contributed by atoms with Crippen LogP contribution in [0.5, 0.6) is 11.5 Å². The average molecular weight is 788 g/mol. The zero-order valence-corrected chi connectivity index (χ0v) is 33.9. The first-order valence-electron chi connectivity index (χ1n) is 19.5. The summed E-state index contributed by atoms with van der Waals surface area (Å²) in [6.45, 7) is 12.1. The number of nitrogens with one attached hydrogen (secondary N) is 3. The second kappa shape index (κ2) is 17.0. The van der Waals surface area contributed by atoms with Crippen molar-refractivity contribution in [1.29, 1.82) is 0 Å². The summed E-state index contributed by atoms with van der Waals surface area (Å²) in [6, 6.07) is 9.85. The number of hydrogen-bond donors (Lipinski definition) is 3. The van der Waals surface area contributed by atoms with Gasteiger partial charge in [-0.2, -0.15) is 0 Å². The fourth-order valence-corrected chi connectivity index (χ4v) is 9.01. The minimum absolute atomic E-state index is 0.0500. The molecule has 2 aliphatic rings. The number of fused-ring (bicyclic) bond motifs is 2. The van der Waals surface area contributed by atoms with E-state index >= 15 is 0 Å². The molecule has 4 atom stereocenters. The van der Waals surface area contributed by atoms with Crippen molar-refractivity contribution in [2.45, 2.75) is 101 Å². The molecule has 0 saturated carbocycles. The molecule has 4 unspecified atom stereocenters. The van der Waals surface area contributed by atoms with E-state index in [4.69, 9.17) is 9.47 Å². The zero-order chi connectivity index (χ0) is 40.2. The van der Waals surface area contributed by atoms with E-state index in [2.05, 4.69) is 44.0 Å².